The molecule has 15 heavy (non-hydrogen) atoms. The van der Waals surface area contributed by atoms with Gasteiger partial charge < -0.3 is 4.42 Å². The normalized spacial score (nSPS) is 11.1. The summed E-state index contributed by atoms with van der Waals surface area (Å²) >= 11 is 3.24. The topological polar surface area (TPSA) is 25.5 Å². The molecular weight excluding hydrogens is 254 g/mol. The van der Waals surface area contributed by atoms with Gasteiger partial charge in [-0.15, -0.1) is 0 Å². The zero-order chi connectivity index (χ0) is 10.7. The highest BCUT2D eigenvalue weighted by atomic mass is 79.9. The van der Waals surface area contributed by atoms with Crippen molar-refractivity contribution in [2.45, 2.75) is 6.92 Å². The fourth-order valence-electron chi connectivity index (χ4n) is 1.24. The molecule has 0 radical (unpaired) electrons. The number of halogens is 1. The summed E-state index contributed by atoms with van der Waals surface area (Å²) in [6, 6.07) is 11.7. The van der Waals surface area contributed by atoms with Crippen LogP contribution in [0.5, 0.6) is 0 Å². The Morgan fingerprint density at radius 1 is 1.27 bits per heavy atom. The summed E-state index contributed by atoms with van der Waals surface area (Å²) in [6.07, 6.45) is 1.71. The van der Waals surface area contributed by atoms with Crippen LogP contribution in [0, 0.1) is 6.92 Å². The van der Waals surface area contributed by atoms with Crippen LogP contribution in [0.4, 0.5) is 5.69 Å². The van der Waals surface area contributed by atoms with Gasteiger partial charge in [0.15, 0.2) is 4.67 Å². The second-order valence-electron chi connectivity index (χ2n) is 3.24. The van der Waals surface area contributed by atoms with Crippen molar-refractivity contribution in [1.82, 2.24) is 0 Å². The molecule has 0 amide bonds. The number of nitrogens with zero attached hydrogens (tertiary/aromatic N) is 1. The number of aryl methyl sites for hydroxylation is 1. The molecule has 0 aliphatic heterocycles. The standard InChI is InChI=1S/C12H10BrNO/c1-9-3-2-4-10(7-9)14-8-11-5-6-12(13)15-11/h2-8H,1H3. The van der Waals surface area contributed by atoms with Gasteiger partial charge in [0, 0.05) is 0 Å². The van der Waals surface area contributed by atoms with E-state index in [1.54, 1.807) is 6.21 Å². The van der Waals surface area contributed by atoms with Gasteiger partial charge in [0.05, 0.1) is 11.9 Å². The second kappa shape index (κ2) is 4.45. The van der Waals surface area contributed by atoms with E-state index in [-0.39, 0.29) is 0 Å². The van der Waals surface area contributed by atoms with Crippen molar-refractivity contribution in [2.75, 3.05) is 0 Å². The number of hydrogen-bond donors (Lipinski definition) is 0. The highest BCUT2D eigenvalue weighted by Crippen LogP contribution is 2.15. The third-order valence-electron chi connectivity index (χ3n) is 1.94. The van der Waals surface area contributed by atoms with Crippen molar-refractivity contribution in [2.24, 2.45) is 4.99 Å². The Morgan fingerprint density at radius 3 is 2.80 bits per heavy atom. The second-order valence-corrected chi connectivity index (χ2v) is 4.02. The molecule has 0 saturated carbocycles. The van der Waals surface area contributed by atoms with Crippen LogP contribution in [-0.2, 0) is 0 Å². The van der Waals surface area contributed by atoms with Crippen LogP contribution in [0.15, 0.2) is 50.5 Å². The van der Waals surface area contributed by atoms with Gasteiger partial charge in [0.2, 0.25) is 0 Å². The molecule has 1 aromatic heterocycles. The third-order valence-corrected chi connectivity index (χ3v) is 2.36. The van der Waals surface area contributed by atoms with E-state index in [2.05, 4.69) is 20.9 Å². The first-order valence-corrected chi connectivity index (χ1v) is 5.39. The van der Waals surface area contributed by atoms with Gasteiger partial charge in [0.1, 0.15) is 5.76 Å². The van der Waals surface area contributed by atoms with Crippen LogP contribution in [0.25, 0.3) is 0 Å². The summed E-state index contributed by atoms with van der Waals surface area (Å²) in [4.78, 5) is 4.31. The lowest BCUT2D eigenvalue weighted by molar-refractivity contribution is 0.535. The smallest absolute Gasteiger partial charge is 0.169 e. The minimum Gasteiger partial charge on any atom is -0.448 e. The molecule has 76 valence electrons. The maximum absolute atomic E-state index is 5.30. The Kier molecular flexibility index (Phi) is 3.02. The van der Waals surface area contributed by atoms with E-state index < -0.39 is 0 Å². The summed E-state index contributed by atoms with van der Waals surface area (Å²) in [7, 11) is 0. The Labute approximate surface area is 96.8 Å². The van der Waals surface area contributed by atoms with Gasteiger partial charge in [0.25, 0.3) is 0 Å². The first-order chi connectivity index (χ1) is 7.24. The largest absolute Gasteiger partial charge is 0.448 e. The summed E-state index contributed by atoms with van der Waals surface area (Å²) in [5, 5.41) is 0. The Morgan fingerprint density at radius 2 is 2.13 bits per heavy atom. The lowest BCUT2D eigenvalue weighted by Crippen LogP contribution is -1.74. The van der Waals surface area contributed by atoms with Crippen LogP contribution >= 0.6 is 15.9 Å². The van der Waals surface area contributed by atoms with Crippen LogP contribution in [0.1, 0.15) is 11.3 Å². The number of rotatable bonds is 2. The highest BCUT2D eigenvalue weighted by Gasteiger charge is 1.95. The predicted octanol–water partition coefficient (Wildman–Crippen LogP) is 4.10. The molecule has 0 fully saturated rings. The molecule has 1 heterocycles. The van der Waals surface area contributed by atoms with E-state index in [4.69, 9.17) is 4.42 Å². The lowest BCUT2D eigenvalue weighted by atomic mass is 10.2. The van der Waals surface area contributed by atoms with E-state index in [0.29, 0.717) is 4.67 Å². The van der Waals surface area contributed by atoms with Gasteiger partial charge >= 0.3 is 0 Å². The van der Waals surface area contributed by atoms with E-state index in [1.165, 1.54) is 5.56 Å². The Bertz CT molecular complexity index is 488. The van der Waals surface area contributed by atoms with Crippen molar-refractivity contribution >= 4 is 27.8 Å². The zero-order valence-corrected chi connectivity index (χ0v) is 9.86. The Balaban J connectivity index is 2.18. The van der Waals surface area contributed by atoms with E-state index in [0.717, 1.165) is 11.4 Å². The molecular formula is C12H10BrNO. The monoisotopic (exact) mass is 263 g/mol. The van der Waals surface area contributed by atoms with Crippen LogP contribution in [0.3, 0.4) is 0 Å². The third kappa shape index (κ3) is 2.80. The molecule has 2 nitrogen and oxygen atoms in total. The maximum Gasteiger partial charge on any atom is 0.169 e. The molecule has 2 aromatic rings. The molecule has 0 saturated heterocycles. The van der Waals surface area contributed by atoms with Crippen molar-refractivity contribution in [3.63, 3.8) is 0 Å². The Hall–Kier alpha value is -1.35. The number of furan rings is 1. The van der Waals surface area contributed by atoms with Gasteiger partial charge in [-0.25, -0.2) is 0 Å². The number of aliphatic imine (C=N–C) groups is 1. The summed E-state index contributed by atoms with van der Waals surface area (Å²) < 4.78 is 6.02. The first-order valence-electron chi connectivity index (χ1n) is 4.60. The van der Waals surface area contributed by atoms with Gasteiger partial charge in [-0.05, 0) is 52.7 Å². The van der Waals surface area contributed by atoms with E-state index >= 15 is 0 Å². The molecule has 1 aromatic carbocycles. The van der Waals surface area contributed by atoms with Crippen LogP contribution < -0.4 is 0 Å². The average molecular weight is 264 g/mol. The summed E-state index contributed by atoms with van der Waals surface area (Å²) in [5.74, 6) is 0.739. The fourth-order valence-corrected chi connectivity index (χ4v) is 1.56. The molecule has 0 N–H and O–H groups in total. The number of benzene rings is 1. The average Bonchev–Trinajstić information content (AvgIpc) is 2.62. The maximum atomic E-state index is 5.30. The molecule has 3 heteroatoms. The van der Waals surface area contributed by atoms with Crippen molar-refractivity contribution < 1.29 is 4.42 Å². The summed E-state index contributed by atoms with van der Waals surface area (Å²) in [6.45, 7) is 2.04. The molecule has 2 rings (SSSR count). The molecule has 0 bridgehead atoms. The van der Waals surface area contributed by atoms with Crippen LogP contribution in [-0.4, -0.2) is 6.21 Å². The highest BCUT2D eigenvalue weighted by molar-refractivity contribution is 9.10. The summed E-state index contributed by atoms with van der Waals surface area (Å²) in [5.41, 5.74) is 2.13. The van der Waals surface area contributed by atoms with Crippen molar-refractivity contribution in [3.8, 4) is 0 Å². The fraction of sp³-hybridized carbons (Fsp3) is 0.0833. The molecule has 0 aliphatic rings. The van der Waals surface area contributed by atoms with Gasteiger partial charge in [-0.3, -0.25) is 4.99 Å². The minimum absolute atomic E-state index is 0.716. The molecule has 0 atom stereocenters. The van der Waals surface area contributed by atoms with E-state index in [1.807, 2.05) is 43.3 Å². The quantitative estimate of drug-likeness (QED) is 0.749. The van der Waals surface area contributed by atoms with Crippen LogP contribution in [0.2, 0.25) is 0 Å². The van der Waals surface area contributed by atoms with Crippen molar-refractivity contribution in [3.05, 3.63) is 52.4 Å². The minimum atomic E-state index is 0.716. The van der Waals surface area contributed by atoms with Crippen molar-refractivity contribution in [1.29, 1.82) is 0 Å². The molecule has 0 spiro atoms. The molecule has 0 aliphatic carbocycles. The molecule has 0 unspecified atom stereocenters. The lowest BCUT2D eigenvalue weighted by Gasteiger charge is -1.94. The predicted molar refractivity (Wildman–Crippen MR) is 64.8 cm³/mol. The SMILES string of the molecule is Cc1cccc(N=Cc2ccc(Br)o2)c1. The zero-order valence-electron chi connectivity index (χ0n) is 8.27. The van der Waals surface area contributed by atoms with Gasteiger partial charge in [-0.2, -0.15) is 0 Å². The number of hydrogen-bond acceptors (Lipinski definition) is 2. The van der Waals surface area contributed by atoms with E-state index in [9.17, 15) is 0 Å². The van der Waals surface area contributed by atoms with Gasteiger partial charge in [-0.1, -0.05) is 12.1 Å². The first kappa shape index (κ1) is 10.2.